The number of carboxylic acids is 1. The van der Waals surface area contributed by atoms with Gasteiger partial charge in [0.05, 0.1) is 0 Å². The fourth-order valence-electron chi connectivity index (χ4n) is 2.48. The molecule has 2 unspecified atom stereocenters. The summed E-state index contributed by atoms with van der Waals surface area (Å²) in [5.74, 6) is -1.21. The first-order valence-corrected chi connectivity index (χ1v) is 9.06. The summed E-state index contributed by atoms with van der Waals surface area (Å²) in [7, 11) is 0. The fourth-order valence-corrected chi connectivity index (χ4v) is 2.69. The molecule has 0 radical (unpaired) electrons. The Bertz CT molecular complexity index is 548. The number of unbranched alkanes of at least 4 members (excludes halogenated alkanes) is 2. The first kappa shape index (κ1) is 21.6. The number of rotatable bonds is 13. The van der Waals surface area contributed by atoms with E-state index in [1.54, 1.807) is 24.3 Å². The van der Waals surface area contributed by atoms with Crippen LogP contribution in [0, 0.1) is 0 Å². The summed E-state index contributed by atoms with van der Waals surface area (Å²) in [6.07, 6.45) is 2.53. The number of aldehydes is 1. The highest BCUT2D eigenvalue weighted by molar-refractivity contribution is 6.30. The third kappa shape index (κ3) is 6.42. The molecule has 0 spiro atoms. The van der Waals surface area contributed by atoms with E-state index in [2.05, 4.69) is 0 Å². The second-order valence-corrected chi connectivity index (χ2v) is 6.42. The highest BCUT2D eigenvalue weighted by Gasteiger charge is 2.48. The molecule has 5 nitrogen and oxygen atoms in total. The van der Waals surface area contributed by atoms with Crippen LogP contribution in [0.25, 0.3) is 0 Å². The summed E-state index contributed by atoms with van der Waals surface area (Å²) >= 11 is 6.01. The first-order chi connectivity index (χ1) is 12.0. The second kappa shape index (κ2) is 11.2. The Hall–Kier alpha value is -1.43. The second-order valence-electron chi connectivity index (χ2n) is 5.98. The van der Waals surface area contributed by atoms with E-state index in [-0.39, 0.29) is 13.0 Å². The lowest BCUT2D eigenvalue weighted by molar-refractivity contribution is -0.189. The maximum absolute atomic E-state index is 12.1. The molecule has 0 fully saturated rings. The van der Waals surface area contributed by atoms with Crippen molar-refractivity contribution in [3.63, 3.8) is 0 Å². The lowest BCUT2D eigenvalue weighted by Crippen LogP contribution is -2.55. The fraction of sp³-hybridized carbons (Fsp3) is 0.579. The number of ether oxygens (including phenoxy) is 2. The average Bonchev–Trinajstić information content (AvgIpc) is 2.58. The molecule has 0 saturated carbocycles. The molecule has 1 aromatic rings. The van der Waals surface area contributed by atoms with E-state index in [4.69, 9.17) is 21.1 Å². The summed E-state index contributed by atoms with van der Waals surface area (Å²) in [5.41, 5.74) is -1.09. The zero-order valence-corrected chi connectivity index (χ0v) is 15.6. The zero-order valence-electron chi connectivity index (χ0n) is 14.9. The van der Waals surface area contributed by atoms with E-state index in [1.165, 1.54) is 0 Å². The van der Waals surface area contributed by atoms with Crippen LogP contribution < -0.4 is 0 Å². The number of carboxylic acid groups (broad SMARTS) is 1. The van der Waals surface area contributed by atoms with Crippen LogP contribution in [0.15, 0.2) is 24.3 Å². The Labute approximate surface area is 154 Å². The van der Waals surface area contributed by atoms with Gasteiger partial charge < -0.3 is 19.4 Å². The highest BCUT2D eigenvalue weighted by atomic mass is 35.5. The monoisotopic (exact) mass is 370 g/mol. The topological polar surface area (TPSA) is 72.8 Å². The van der Waals surface area contributed by atoms with Crippen LogP contribution in [-0.2, 0) is 25.5 Å². The van der Waals surface area contributed by atoms with Crippen molar-refractivity contribution < 1.29 is 24.2 Å². The highest BCUT2D eigenvalue weighted by Crippen LogP contribution is 2.27. The minimum Gasteiger partial charge on any atom is -0.479 e. The van der Waals surface area contributed by atoms with Crippen LogP contribution >= 0.6 is 11.6 Å². The molecule has 1 rings (SSSR count). The summed E-state index contributed by atoms with van der Waals surface area (Å²) in [6.45, 7) is 4.53. The van der Waals surface area contributed by atoms with Gasteiger partial charge in [-0.15, -0.1) is 0 Å². The van der Waals surface area contributed by atoms with Crippen molar-refractivity contribution in [2.75, 3.05) is 13.2 Å². The average molecular weight is 371 g/mol. The van der Waals surface area contributed by atoms with Crippen molar-refractivity contribution in [3.05, 3.63) is 34.9 Å². The predicted octanol–water partition coefficient (Wildman–Crippen LogP) is 3.91. The number of halogens is 1. The molecule has 0 amide bonds. The van der Waals surface area contributed by atoms with Gasteiger partial charge in [-0.1, -0.05) is 50.4 Å². The minimum absolute atomic E-state index is 0.00212. The maximum atomic E-state index is 12.1. The number of carbonyl (C=O) groups is 2. The van der Waals surface area contributed by atoms with E-state index >= 15 is 0 Å². The van der Waals surface area contributed by atoms with Crippen molar-refractivity contribution in [1.29, 1.82) is 0 Å². The molecule has 25 heavy (non-hydrogen) atoms. The number of aliphatic carboxylic acids is 1. The molecule has 140 valence electrons. The van der Waals surface area contributed by atoms with Crippen LogP contribution in [0.3, 0.4) is 0 Å². The maximum Gasteiger partial charge on any atom is 0.339 e. The van der Waals surface area contributed by atoms with Crippen molar-refractivity contribution >= 4 is 23.9 Å². The Morgan fingerprint density at radius 3 is 2.52 bits per heavy atom. The van der Waals surface area contributed by atoms with Gasteiger partial charge >= 0.3 is 5.97 Å². The van der Waals surface area contributed by atoms with Gasteiger partial charge in [0.15, 0.2) is 12.4 Å². The molecular weight excluding hydrogens is 344 g/mol. The van der Waals surface area contributed by atoms with Gasteiger partial charge in [-0.25, -0.2) is 4.79 Å². The lowest BCUT2D eigenvalue weighted by Gasteiger charge is -2.34. The number of benzene rings is 1. The molecule has 6 heteroatoms. The molecule has 0 aromatic heterocycles. The minimum atomic E-state index is -1.77. The van der Waals surface area contributed by atoms with Gasteiger partial charge in [-0.05, 0) is 30.5 Å². The van der Waals surface area contributed by atoms with Crippen LogP contribution in [0.2, 0.25) is 5.02 Å². The SMILES string of the molecule is CCCCOC(C=O)C(Cc1cccc(Cl)c1)(OCCCC)C(=O)O. The van der Waals surface area contributed by atoms with Crippen molar-refractivity contribution in [2.45, 2.75) is 57.7 Å². The standard InChI is InChI=1S/C19H27ClO5/c1-3-5-10-24-17(14-21)19(18(22)23,25-11-6-4-2)13-15-8-7-9-16(20)12-15/h7-9,12,14,17H,3-6,10-11,13H2,1-2H3,(H,22,23). The summed E-state index contributed by atoms with van der Waals surface area (Å²) in [4.78, 5) is 23.8. The third-order valence-electron chi connectivity index (χ3n) is 3.95. The Morgan fingerprint density at radius 1 is 1.28 bits per heavy atom. The Morgan fingerprint density at radius 2 is 1.96 bits per heavy atom. The molecule has 1 aromatic carbocycles. The number of hydrogen-bond acceptors (Lipinski definition) is 4. The molecule has 0 heterocycles. The number of carbonyl (C=O) groups excluding carboxylic acids is 1. The normalized spacial score (nSPS) is 14.7. The van der Waals surface area contributed by atoms with Gasteiger partial charge in [0, 0.05) is 24.7 Å². The molecule has 0 bridgehead atoms. The van der Waals surface area contributed by atoms with Gasteiger partial charge in [0.2, 0.25) is 5.60 Å². The van der Waals surface area contributed by atoms with Gasteiger partial charge in [0.1, 0.15) is 0 Å². The molecule has 0 saturated heterocycles. The molecule has 1 N–H and O–H groups in total. The van der Waals surface area contributed by atoms with E-state index in [9.17, 15) is 14.7 Å². The lowest BCUT2D eigenvalue weighted by atomic mass is 9.88. The van der Waals surface area contributed by atoms with Crippen molar-refractivity contribution in [2.24, 2.45) is 0 Å². The Balaban J connectivity index is 3.14. The Kier molecular flexibility index (Phi) is 9.71. The van der Waals surface area contributed by atoms with E-state index in [0.717, 1.165) is 19.3 Å². The van der Waals surface area contributed by atoms with Crippen molar-refractivity contribution in [1.82, 2.24) is 0 Å². The summed E-state index contributed by atoms with van der Waals surface area (Å²) in [5, 5.41) is 10.4. The van der Waals surface area contributed by atoms with E-state index in [0.29, 0.717) is 29.9 Å². The van der Waals surface area contributed by atoms with Crippen LogP contribution in [0.1, 0.15) is 45.1 Å². The van der Waals surface area contributed by atoms with Crippen LogP contribution in [0.5, 0.6) is 0 Å². The number of hydrogen-bond donors (Lipinski definition) is 1. The smallest absolute Gasteiger partial charge is 0.339 e. The molecular formula is C19H27ClO5. The summed E-state index contributed by atoms with van der Waals surface area (Å²) < 4.78 is 11.3. The van der Waals surface area contributed by atoms with Crippen LogP contribution in [-0.4, -0.2) is 42.3 Å². The molecule has 0 aliphatic rings. The molecule has 0 aliphatic carbocycles. The predicted molar refractivity (Wildman–Crippen MR) is 97.1 cm³/mol. The van der Waals surface area contributed by atoms with Crippen LogP contribution in [0.4, 0.5) is 0 Å². The summed E-state index contributed by atoms with van der Waals surface area (Å²) in [6, 6.07) is 6.89. The largest absolute Gasteiger partial charge is 0.479 e. The third-order valence-corrected chi connectivity index (χ3v) is 4.19. The first-order valence-electron chi connectivity index (χ1n) is 8.68. The zero-order chi connectivity index (χ0) is 18.7. The van der Waals surface area contributed by atoms with Gasteiger partial charge in [-0.2, -0.15) is 0 Å². The van der Waals surface area contributed by atoms with Gasteiger partial charge in [-0.3, -0.25) is 0 Å². The van der Waals surface area contributed by atoms with Crippen molar-refractivity contribution in [3.8, 4) is 0 Å². The van der Waals surface area contributed by atoms with Gasteiger partial charge in [0.25, 0.3) is 0 Å². The molecule has 2 atom stereocenters. The van der Waals surface area contributed by atoms with E-state index < -0.39 is 17.7 Å². The quantitative estimate of drug-likeness (QED) is 0.421. The van der Waals surface area contributed by atoms with E-state index in [1.807, 2.05) is 13.8 Å². The molecule has 0 aliphatic heterocycles.